The maximum atomic E-state index is 12.9. The van der Waals surface area contributed by atoms with Gasteiger partial charge in [0.15, 0.2) is 0 Å². The summed E-state index contributed by atoms with van der Waals surface area (Å²) in [6.07, 6.45) is 16.6. The highest BCUT2D eigenvalue weighted by Gasteiger charge is 2.59. The maximum Gasteiger partial charge on any atom is 0.222 e. The van der Waals surface area contributed by atoms with Gasteiger partial charge >= 0.3 is 0 Å². The van der Waals surface area contributed by atoms with E-state index in [9.17, 15) is 9.90 Å². The molecular weight excluding hydrogens is 406 g/mol. The van der Waals surface area contributed by atoms with E-state index in [0.29, 0.717) is 28.6 Å². The third-order valence-corrected chi connectivity index (χ3v) is 11.7. The Balaban J connectivity index is 1.24. The van der Waals surface area contributed by atoms with Crippen molar-refractivity contribution in [3.8, 4) is 0 Å². The number of amides is 1. The molecule has 33 heavy (non-hydrogen) atoms. The molecule has 2 unspecified atom stereocenters. The number of likely N-dealkylation sites (tertiary alicyclic amines) is 1. The van der Waals surface area contributed by atoms with Gasteiger partial charge in [0.2, 0.25) is 5.91 Å². The first kappa shape index (κ1) is 23.9. The SMILES string of the molecule is CC1CCCN(C(=O)CCC(C)[C@H]2CC[C@H]3[C@@H]4CC=C5C[C@@H](O)CC[C@]5(C)[C@H]4CC[C@]23C)C1. The van der Waals surface area contributed by atoms with E-state index in [0.717, 1.165) is 62.4 Å². The summed E-state index contributed by atoms with van der Waals surface area (Å²) in [6.45, 7) is 11.9. The van der Waals surface area contributed by atoms with Crippen LogP contribution in [0.3, 0.4) is 0 Å². The summed E-state index contributed by atoms with van der Waals surface area (Å²) in [7, 11) is 0. The van der Waals surface area contributed by atoms with Crippen LogP contribution < -0.4 is 0 Å². The van der Waals surface area contributed by atoms with E-state index in [4.69, 9.17) is 0 Å². The maximum absolute atomic E-state index is 12.9. The number of aliphatic hydroxyl groups is 1. The third-order valence-electron chi connectivity index (χ3n) is 11.7. The molecule has 0 spiro atoms. The Morgan fingerprint density at radius 3 is 2.76 bits per heavy atom. The molecule has 4 fully saturated rings. The van der Waals surface area contributed by atoms with Crippen molar-refractivity contribution in [1.82, 2.24) is 4.90 Å². The minimum absolute atomic E-state index is 0.109. The fraction of sp³-hybridized carbons (Fsp3) is 0.900. The normalized spacial score (nSPS) is 46.1. The first-order valence-corrected chi connectivity index (χ1v) is 14.4. The number of piperidine rings is 1. The molecule has 0 aromatic heterocycles. The lowest BCUT2D eigenvalue weighted by Gasteiger charge is -2.58. The molecule has 0 bridgehead atoms. The molecule has 3 nitrogen and oxygen atoms in total. The molecule has 1 saturated heterocycles. The van der Waals surface area contributed by atoms with Crippen molar-refractivity contribution in [1.29, 1.82) is 0 Å². The van der Waals surface area contributed by atoms with Crippen LogP contribution in [0.2, 0.25) is 0 Å². The van der Waals surface area contributed by atoms with Gasteiger partial charge in [0.25, 0.3) is 0 Å². The third kappa shape index (κ3) is 4.13. The molecule has 0 aromatic rings. The molecule has 0 aromatic carbocycles. The monoisotopic (exact) mass is 455 g/mol. The Labute approximate surface area is 202 Å². The summed E-state index contributed by atoms with van der Waals surface area (Å²) in [6, 6.07) is 0. The summed E-state index contributed by atoms with van der Waals surface area (Å²) in [4.78, 5) is 15.1. The zero-order valence-corrected chi connectivity index (χ0v) is 21.8. The molecule has 1 amide bonds. The van der Waals surface area contributed by atoms with Crippen molar-refractivity contribution in [2.24, 2.45) is 46.3 Å². The first-order valence-electron chi connectivity index (χ1n) is 14.4. The van der Waals surface area contributed by atoms with Crippen LogP contribution in [-0.2, 0) is 4.79 Å². The Kier molecular flexibility index (Phi) is 6.51. The van der Waals surface area contributed by atoms with E-state index in [-0.39, 0.29) is 6.10 Å². The highest BCUT2D eigenvalue weighted by molar-refractivity contribution is 5.76. The van der Waals surface area contributed by atoms with Gasteiger partial charge in [-0.15, -0.1) is 0 Å². The largest absolute Gasteiger partial charge is 0.393 e. The highest BCUT2D eigenvalue weighted by atomic mass is 16.3. The lowest BCUT2D eigenvalue weighted by atomic mass is 9.47. The van der Waals surface area contributed by atoms with Gasteiger partial charge in [-0.25, -0.2) is 0 Å². The fourth-order valence-corrected chi connectivity index (χ4v) is 9.74. The molecule has 4 aliphatic carbocycles. The lowest BCUT2D eigenvalue weighted by molar-refractivity contribution is -0.133. The average Bonchev–Trinajstić information content (AvgIpc) is 3.15. The van der Waals surface area contributed by atoms with Crippen molar-refractivity contribution >= 4 is 5.91 Å². The van der Waals surface area contributed by atoms with Crippen molar-refractivity contribution in [2.45, 2.75) is 111 Å². The smallest absolute Gasteiger partial charge is 0.222 e. The number of carbonyl (C=O) groups is 1. The standard InChI is InChI=1S/C30H49NO2/c1-20-6-5-17-31(19-20)28(33)12-7-21(2)25-10-11-26-24-9-8-22-18-23(32)13-15-29(22,3)27(24)14-16-30(25,26)4/h8,20-21,23-27,32H,5-7,9-19H2,1-4H3/t20?,21?,23-,24-,25+,26-,27-,29-,30+/m0/s1. The van der Waals surface area contributed by atoms with Crippen LogP contribution in [0.25, 0.3) is 0 Å². The molecule has 5 aliphatic rings. The van der Waals surface area contributed by atoms with E-state index < -0.39 is 0 Å². The van der Waals surface area contributed by atoms with Crippen LogP contribution in [-0.4, -0.2) is 35.1 Å². The predicted molar refractivity (Wildman–Crippen MR) is 135 cm³/mol. The minimum Gasteiger partial charge on any atom is -0.393 e. The Morgan fingerprint density at radius 1 is 1.15 bits per heavy atom. The number of nitrogens with zero attached hydrogens (tertiary/aromatic N) is 1. The van der Waals surface area contributed by atoms with Crippen molar-refractivity contribution in [3.05, 3.63) is 11.6 Å². The van der Waals surface area contributed by atoms with Gasteiger partial charge in [-0.1, -0.05) is 39.3 Å². The van der Waals surface area contributed by atoms with Crippen LogP contribution in [0.1, 0.15) is 105 Å². The van der Waals surface area contributed by atoms with Crippen LogP contribution in [0.15, 0.2) is 11.6 Å². The van der Waals surface area contributed by atoms with Crippen molar-refractivity contribution in [2.75, 3.05) is 13.1 Å². The van der Waals surface area contributed by atoms with Crippen LogP contribution in [0, 0.1) is 46.3 Å². The van der Waals surface area contributed by atoms with Gasteiger partial charge in [0.1, 0.15) is 0 Å². The number of rotatable bonds is 4. The zero-order valence-electron chi connectivity index (χ0n) is 21.8. The molecule has 1 aliphatic heterocycles. The second kappa shape index (κ2) is 8.99. The first-order chi connectivity index (χ1) is 15.7. The summed E-state index contributed by atoms with van der Waals surface area (Å²) in [5.74, 6) is 5.02. The van der Waals surface area contributed by atoms with Gasteiger partial charge in [-0.2, -0.15) is 0 Å². The molecule has 1 N–H and O–H groups in total. The number of allylic oxidation sites excluding steroid dienone is 1. The molecule has 1 heterocycles. The molecule has 3 saturated carbocycles. The van der Waals surface area contributed by atoms with Crippen molar-refractivity contribution in [3.63, 3.8) is 0 Å². The van der Waals surface area contributed by atoms with Gasteiger partial charge in [0.05, 0.1) is 6.10 Å². The van der Waals surface area contributed by atoms with E-state index in [1.54, 1.807) is 5.57 Å². The van der Waals surface area contributed by atoms with Gasteiger partial charge < -0.3 is 10.0 Å². The summed E-state index contributed by atoms with van der Waals surface area (Å²) in [5, 5.41) is 10.3. The molecule has 5 rings (SSSR count). The number of hydrogen-bond acceptors (Lipinski definition) is 2. The molecular formula is C30H49NO2. The average molecular weight is 456 g/mol. The Hall–Kier alpha value is -0.830. The number of carbonyl (C=O) groups excluding carboxylic acids is 1. The van der Waals surface area contributed by atoms with Gasteiger partial charge in [0, 0.05) is 19.5 Å². The second-order valence-corrected chi connectivity index (χ2v) is 13.5. The molecule has 9 atom stereocenters. The van der Waals surface area contributed by atoms with E-state index in [1.807, 2.05) is 0 Å². The summed E-state index contributed by atoms with van der Waals surface area (Å²) < 4.78 is 0. The highest BCUT2D eigenvalue weighted by Crippen LogP contribution is 2.67. The topological polar surface area (TPSA) is 40.5 Å². The van der Waals surface area contributed by atoms with E-state index in [2.05, 4.69) is 38.7 Å². The summed E-state index contributed by atoms with van der Waals surface area (Å²) in [5.41, 5.74) is 2.38. The number of aliphatic hydroxyl groups excluding tert-OH is 1. The van der Waals surface area contributed by atoms with Gasteiger partial charge in [-0.05, 0) is 117 Å². The number of hydrogen-bond donors (Lipinski definition) is 1. The van der Waals surface area contributed by atoms with E-state index >= 15 is 0 Å². The summed E-state index contributed by atoms with van der Waals surface area (Å²) >= 11 is 0. The minimum atomic E-state index is -0.109. The molecule has 186 valence electrons. The van der Waals surface area contributed by atoms with Crippen LogP contribution in [0.4, 0.5) is 0 Å². The van der Waals surface area contributed by atoms with Crippen LogP contribution >= 0.6 is 0 Å². The number of fused-ring (bicyclic) bond motifs is 5. The lowest BCUT2D eigenvalue weighted by Crippen LogP contribution is -2.50. The Morgan fingerprint density at radius 2 is 1.97 bits per heavy atom. The van der Waals surface area contributed by atoms with Gasteiger partial charge in [-0.3, -0.25) is 4.79 Å². The Bertz CT molecular complexity index is 775. The fourth-order valence-electron chi connectivity index (χ4n) is 9.74. The zero-order chi connectivity index (χ0) is 23.4. The predicted octanol–water partition coefficient (Wildman–Crippen LogP) is 6.60. The van der Waals surface area contributed by atoms with E-state index in [1.165, 1.54) is 51.4 Å². The van der Waals surface area contributed by atoms with Crippen LogP contribution in [0.5, 0.6) is 0 Å². The molecule has 0 radical (unpaired) electrons. The van der Waals surface area contributed by atoms with Crippen molar-refractivity contribution < 1.29 is 9.90 Å². The second-order valence-electron chi connectivity index (χ2n) is 13.5. The molecule has 3 heteroatoms. The quantitative estimate of drug-likeness (QED) is 0.485.